The Morgan fingerprint density at radius 2 is 2.00 bits per heavy atom. The van der Waals surface area contributed by atoms with Crippen LogP contribution in [-0.4, -0.2) is 15.7 Å². The van der Waals surface area contributed by atoms with Crippen LogP contribution in [0.2, 0.25) is 0 Å². The molecule has 3 aromatic rings. The molecule has 0 spiro atoms. The third kappa shape index (κ3) is 4.98. The van der Waals surface area contributed by atoms with Gasteiger partial charge in [0.15, 0.2) is 0 Å². The second-order valence-corrected chi connectivity index (χ2v) is 7.11. The van der Waals surface area contributed by atoms with E-state index in [9.17, 15) is 4.79 Å². The number of rotatable bonds is 7. The summed E-state index contributed by atoms with van der Waals surface area (Å²) in [5.74, 6) is 0.681. The van der Waals surface area contributed by atoms with Crippen molar-refractivity contribution >= 4 is 21.8 Å². The van der Waals surface area contributed by atoms with Gasteiger partial charge in [-0.3, -0.25) is 9.48 Å². The molecule has 3 rings (SSSR count). The van der Waals surface area contributed by atoms with Crippen molar-refractivity contribution in [2.75, 3.05) is 0 Å². The molecular weight excluding hydrogens is 406 g/mol. The van der Waals surface area contributed by atoms with Gasteiger partial charge in [-0.1, -0.05) is 28.1 Å². The van der Waals surface area contributed by atoms with Crippen LogP contribution in [0.25, 0.3) is 0 Å². The number of hydrogen-bond acceptors (Lipinski definition) is 3. The van der Waals surface area contributed by atoms with Crippen LogP contribution in [0.1, 0.15) is 34.1 Å². The van der Waals surface area contributed by atoms with Crippen LogP contribution >= 0.6 is 15.9 Å². The van der Waals surface area contributed by atoms with E-state index in [1.165, 1.54) is 0 Å². The second kappa shape index (κ2) is 8.86. The summed E-state index contributed by atoms with van der Waals surface area (Å²) < 4.78 is 8.70. The van der Waals surface area contributed by atoms with Gasteiger partial charge in [0.25, 0.3) is 5.91 Å². The number of halogens is 1. The number of aryl methyl sites for hydroxylation is 1. The monoisotopic (exact) mass is 427 g/mol. The Hall–Kier alpha value is -2.60. The molecule has 0 radical (unpaired) electrons. The maximum Gasteiger partial charge on any atom is 0.251 e. The Morgan fingerprint density at radius 1 is 1.22 bits per heavy atom. The van der Waals surface area contributed by atoms with Crippen molar-refractivity contribution in [1.82, 2.24) is 15.1 Å². The molecule has 0 bridgehead atoms. The highest BCUT2D eigenvalue weighted by Crippen LogP contribution is 2.18. The van der Waals surface area contributed by atoms with Crippen LogP contribution in [0.3, 0.4) is 0 Å². The predicted molar refractivity (Wildman–Crippen MR) is 109 cm³/mol. The fourth-order valence-corrected chi connectivity index (χ4v) is 3.02. The van der Waals surface area contributed by atoms with Gasteiger partial charge in [-0.2, -0.15) is 5.10 Å². The third-order valence-electron chi connectivity index (χ3n) is 4.35. The first-order chi connectivity index (χ1) is 13.1. The van der Waals surface area contributed by atoms with Crippen molar-refractivity contribution < 1.29 is 9.53 Å². The lowest BCUT2D eigenvalue weighted by Gasteiger charge is -2.09. The first-order valence-electron chi connectivity index (χ1n) is 8.83. The zero-order chi connectivity index (χ0) is 19.2. The van der Waals surface area contributed by atoms with Crippen molar-refractivity contribution in [1.29, 1.82) is 0 Å². The minimum atomic E-state index is -0.107. The van der Waals surface area contributed by atoms with Crippen molar-refractivity contribution in [3.8, 4) is 5.75 Å². The zero-order valence-corrected chi connectivity index (χ0v) is 17.0. The number of aromatic nitrogens is 2. The molecule has 27 heavy (non-hydrogen) atoms. The minimum Gasteiger partial charge on any atom is -0.489 e. The normalized spacial score (nSPS) is 10.6. The van der Waals surface area contributed by atoms with E-state index in [4.69, 9.17) is 4.74 Å². The predicted octanol–water partition coefficient (Wildman–Crippen LogP) is 4.48. The SMILES string of the molecule is CCn1ncc(CNC(=O)c2cccc(COc3ccc(Br)cc3)c2)c1C. The van der Waals surface area contributed by atoms with Gasteiger partial charge in [-0.05, 0) is 55.8 Å². The van der Waals surface area contributed by atoms with Gasteiger partial charge in [0.1, 0.15) is 12.4 Å². The number of hydrogen-bond donors (Lipinski definition) is 1. The van der Waals surface area contributed by atoms with Gasteiger partial charge in [-0.15, -0.1) is 0 Å². The summed E-state index contributed by atoms with van der Waals surface area (Å²) in [6.45, 7) is 5.75. The minimum absolute atomic E-state index is 0.107. The van der Waals surface area contributed by atoms with E-state index in [2.05, 4.69) is 26.3 Å². The molecule has 0 unspecified atom stereocenters. The Balaban J connectivity index is 1.59. The van der Waals surface area contributed by atoms with E-state index < -0.39 is 0 Å². The van der Waals surface area contributed by atoms with E-state index in [1.807, 2.05) is 67.2 Å². The molecule has 0 saturated carbocycles. The molecule has 0 atom stereocenters. The third-order valence-corrected chi connectivity index (χ3v) is 4.88. The summed E-state index contributed by atoms with van der Waals surface area (Å²) in [6, 6.07) is 15.2. The Bertz CT molecular complexity index is 919. The highest BCUT2D eigenvalue weighted by molar-refractivity contribution is 9.10. The fraction of sp³-hybridized carbons (Fsp3) is 0.238. The molecule has 1 N–H and O–H groups in total. The lowest BCUT2D eigenvalue weighted by molar-refractivity contribution is 0.0950. The average molecular weight is 428 g/mol. The van der Waals surface area contributed by atoms with Crippen LogP contribution < -0.4 is 10.1 Å². The van der Waals surface area contributed by atoms with Gasteiger partial charge < -0.3 is 10.1 Å². The number of benzene rings is 2. The maximum atomic E-state index is 12.5. The van der Waals surface area contributed by atoms with Crippen LogP contribution in [0.15, 0.2) is 59.2 Å². The number of carbonyl (C=O) groups is 1. The lowest BCUT2D eigenvalue weighted by atomic mass is 10.1. The molecule has 6 heteroatoms. The molecule has 1 aromatic heterocycles. The van der Waals surface area contributed by atoms with Crippen LogP contribution in [-0.2, 0) is 19.7 Å². The Kier molecular flexibility index (Phi) is 6.29. The molecule has 0 aliphatic carbocycles. The first kappa shape index (κ1) is 19.2. The molecule has 2 aromatic carbocycles. The van der Waals surface area contributed by atoms with Gasteiger partial charge in [0.05, 0.1) is 6.20 Å². The number of ether oxygens (including phenoxy) is 1. The standard InChI is InChI=1S/C21H22BrN3O2/c1-3-25-15(2)18(13-24-25)12-23-21(26)17-6-4-5-16(11-17)14-27-20-9-7-19(22)8-10-20/h4-11,13H,3,12,14H2,1-2H3,(H,23,26). The van der Waals surface area contributed by atoms with Gasteiger partial charge in [-0.25, -0.2) is 0 Å². The molecule has 140 valence electrons. The highest BCUT2D eigenvalue weighted by Gasteiger charge is 2.09. The second-order valence-electron chi connectivity index (χ2n) is 6.20. The van der Waals surface area contributed by atoms with Crippen molar-refractivity contribution in [2.24, 2.45) is 0 Å². The number of nitrogens with one attached hydrogen (secondary N) is 1. The van der Waals surface area contributed by atoms with Crippen LogP contribution in [0.4, 0.5) is 0 Å². The lowest BCUT2D eigenvalue weighted by Crippen LogP contribution is -2.23. The van der Waals surface area contributed by atoms with E-state index >= 15 is 0 Å². The summed E-state index contributed by atoms with van der Waals surface area (Å²) in [5, 5.41) is 7.27. The molecule has 0 aliphatic rings. The average Bonchev–Trinajstić information content (AvgIpc) is 3.05. The Morgan fingerprint density at radius 3 is 2.70 bits per heavy atom. The van der Waals surface area contributed by atoms with Gasteiger partial charge in [0.2, 0.25) is 0 Å². The molecule has 0 fully saturated rings. The Labute approximate surface area is 167 Å². The molecule has 0 aliphatic heterocycles. The van der Waals surface area contributed by atoms with Gasteiger partial charge in [0, 0.05) is 34.4 Å². The zero-order valence-electron chi connectivity index (χ0n) is 15.4. The summed E-state index contributed by atoms with van der Waals surface area (Å²) in [4.78, 5) is 12.5. The van der Waals surface area contributed by atoms with Crippen molar-refractivity contribution in [3.05, 3.63) is 81.6 Å². The molecule has 1 heterocycles. The number of nitrogens with zero attached hydrogens (tertiary/aromatic N) is 2. The summed E-state index contributed by atoms with van der Waals surface area (Å²) in [5.41, 5.74) is 3.67. The summed E-state index contributed by atoms with van der Waals surface area (Å²) in [6.07, 6.45) is 1.81. The van der Waals surface area contributed by atoms with Crippen LogP contribution in [0, 0.1) is 6.92 Å². The van der Waals surface area contributed by atoms with Gasteiger partial charge >= 0.3 is 0 Å². The topological polar surface area (TPSA) is 56.2 Å². The van der Waals surface area contributed by atoms with Crippen molar-refractivity contribution in [3.63, 3.8) is 0 Å². The molecule has 1 amide bonds. The maximum absolute atomic E-state index is 12.5. The summed E-state index contributed by atoms with van der Waals surface area (Å²) >= 11 is 3.40. The van der Waals surface area contributed by atoms with Crippen LogP contribution in [0.5, 0.6) is 5.75 Å². The first-order valence-corrected chi connectivity index (χ1v) is 9.63. The highest BCUT2D eigenvalue weighted by atomic mass is 79.9. The van der Waals surface area contributed by atoms with E-state index in [1.54, 1.807) is 6.07 Å². The quantitative estimate of drug-likeness (QED) is 0.604. The fourth-order valence-electron chi connectivity index (χ4n) is 2.75. The molecule has 0 saturated heterocycles. The number of amides is 1. The van der Waals surface area contributed by atoms with E-state index in [0.717, 1.165) is 33.6 Å². The smallest absolute Gasteiger partial charge is 0.251 e. The van der Waals surface area contributed by atoms with Crippen molar-refractivity contribution in [2.45, 2.75) is 33.5 Å². The number of carbonyl (C=O) groups excluding carboxylic acids is 1. The largest absolute Gasteiger partial charge is 0.489 e. The summed E-state index contributed by atoms with van der Waals surface area (Å²) in [7, 11) is 0. The molecule has 5 nitrogen and oxygen atoms in total. The van der Waals surface area contributed by atoms with E-state index in [0.29, 0.717) is 18.7 Å². The van der Waals surface area contributed by atoms with E-state index in [-0.39, 0.29) is 5.91 Å². The molecular formula is C21H22BrN3O2.